The molecule has 0 saturated carbocycles. The van der Waals surface area contributed by atoms with Gasteiger partial charge in [-0.1, -0.05) is 17.7 Å². The van der Waals surface area contributed by atoms with Gasteiger partial charge in [-0.2, -0.15) is 18.2 Å². The fraction of sp³-hybridized carbons (Fsp3) is 0.227. The van der Waals surface area contributed by atoms with E-state index in [-0.39, 0.29) is 44.8 Å². The Balaban J connectivity index is 1.61. The lowest BCUT2D eigenvalue weighted by Crippen LogP contribution is -2.32. The number of halogens is 5. The lowest BCUT2D eigenvalue weighted by atomic mass is 9.78. The van der Waals surface area contributed by atoms with Crippen LogP contribution in [0, 0.1) is 5.82 Å². The molecule has 35 heavy (non-hydrogen) atoms. The molecule has 8 nitrogen and oxygen atoms in total. The standard InChI is InChI=1S/C22H15ClF4N6O2/c1-21(10-2-3-11(23)12(24)8-10)15-17(32-20(21)35)30-16(31-19(15)34)14-9-33-7-6-28-18(33)13(29-14)4-5-22(25,26)27/h2-3,6-9H,4-5H2,1H3,(H2,30,31,32,34,35). The average Bonchev–Trinajstić information content (AvgIpc) is 3.36. The van der Waals surface area contributed by atoms with Gasteiger partial charge in [0.2, 0.25) is 11.8 Å². The van der Waals surface area contributed by atoms with Gasteiger partial charge in [0.25, 0.3) is 0 Å². The summed E-state index contributed by atoms with van der Waals surface area (Å²) in [7, 11) is 0. The molecule has 4 heterocycles. The maximum Gasteiger partial charge on any atom is 0.389 e. The Morgan fingerprint density at radius 2 is 2.00 bits per heavy atom. The van der Waals surface area contributed by atoms with Crippen LogP contribution in [0.3, 0.4) is 0 Å². The first kappa shape index (κ1) is 23.0. The number of rotatable bonds is 4. The molecule has 4 aromatic rings. The van der Waals surface area contributed by atoms with Gasteiger partial charge in [-0.15, -0.1) is 0 Å². The predicted molar refractivity (Wildman–Crippen MR) is 117 cm³/mol. The quantitative estimate of drug-likeness (QED) is 0.397. The smallest absolute Gasteiger partial charge is 0.389 e. The lowest BCUT2D eigenvalue weighted by molar-refractivity contribution is -0.134. The van der Waals surface area contributed by atoms with E-state index in [1.165, 1.54) is 42.0 Å². The summed E-state index contributed by atoms with van der Waals surface area (Å²) < 4.78 is 54.0. The Labute approximate surface area is 199 Å². The molecular formula is C22H15ClF4N6O2. The van der Waals surface area contributed by atoms with Gasteiger partial charge >= 0.3 is 6.18 Å². The fourth-order valence-electron chi connectivity index (χ4n) is 4.08. The van der Waals surface area contributed by atoms with Gasteiger partial charge in [0.05, 0.1) is 16.3 Å². The van der Waals surface area contributed by atoms with Crippen LogP contribution in [0.1, 0.15) is 30.2 Å². The summed E-state index contributed by atoms with van der Waals surface area (Å²) in [4.78, 5) is 29.6. The zero-order valence-corrected chi connectivity index (χ0v) is 18.6. The van der Waals surface area contributed by atoms with Crippen molar-refractivity contribution >= 4 is 29.0 Å². The van der Waals surface area contributed by atoms with Crippen LogP contribution >= 0.6 is 11.6 Å². The van der Waals surface area contributed by atoms with Gasteiger partial charge in [-0.25, -0.2) is 19.3 Å². The number of hydrogen-bond acceptors (Lipinski definition) is 6. The van der Waals surface area contributed by atoms with Crippen molar-refractivity contribution in [3.05, 3.63) is 64.5 Å². The molecule has 1 aliphatic rings. The highest BCUT2D eigenvalue weighted by Crippen LogP contribution is 2.46. The summed E-state index contributed by atoms with van der Waals surface area (Å²) in [5, 5.41) is 13.2. The van der Waals surface area contributed by atoms with Crippen LogP contribution in [0.4, 0.5) is 23.4 Å². The highest BCUT2D eigenvalue weighted by atomic mass is 35.5. The average molecular weight is 507 g/mol. The third-order valence-electron chi connectivity index (χ3n) is 5.89. The lowest BCUT2D eigenvalue weighted by Gasteiger charge is -2.23. The molecule has 2 N–H and O–H groups in total. The Morgan fingerprint density at radius 3 is 2.71 bits per heavy atom. The number of aromatic hydroxyl groups is 1. The van der Waals surface area contributed by atoms with Crippen molar-refractivity contribution in [1.82, 2.24) is 24.3 Å². The molecule has 13 heteroatoms. The number of aromatic nitrogens is 5. The van der Waals surface area contributed by atoms with Crippen LogP contribution in [0.5, 0.6) is 5.88 Å². The molecule has 180 valence electrons. The highest BCUT2D eigenvalue weighted by Gasteiger charge is 2.48. The van der Waals surface area contributed by atoms with Crippen LogP contribution in [-0.4, -0.2) is 41.5 Å². The van der Waals surface area contributed by atoms with Crippen molar-refractivity contribution in [2.24, 2.45) is 0 Å². The molecule has 0 bridgehead atoms. The second-order valence-corrected chi connectivity index (χ2v) is 8.56. The molecule has 5 rings (SSSR count). The zero-order valence-electron chi connectivity index (χ0n) is 17.9. The first-order chi connectivity index (χ1) is 16.5. The summed E-state index contributed by atoms with van der Waals surface area (Å²) in [6.45, 7) is 1.48. The molecule has 0 aliphatic carbocycles. The Hall–Kier alpha value is -3.80. The molecule has 1 aromatic carbocycles. The number of hydrogen-bond donors (Lipinski definition) is 2. The summed E-state index contributed by atoms with van der Waals surface area (Å²) >= 11 is 5.76. The third kappa shape index (κ3) is 3.83. The van der Waals surface area contributed by atoms with Crippen molar-refractivity contribution in [2.75, 3.05) is 5.32 Å². The van der Waals surface area contributed by atoms with Gasteiger partial charge in [0.1, 0.15) is 22.7 Å². The predicted octanol–water partition coefficient (Wildman–Crippen LogP) is 4.44. The number of carbonyl (C=O) groups is 1. The number of carbonyl (C=O) groups excluding carboxylic acids is 1. The Morgan fingerprint density at radius 1 is 1.23 bits per heavy atom. The maximum atomic E-state index is 14.1. The number of nitrogens with zero attached hydrogens (tertiary/aromatic N) is 5. The summed E-state index contributed by atoms with van der Waals surface area (Å²) in [5.74, 6) is -2.05. The Kier molecular flexibility index (Phi) is 5.16. The van der Waals surface area contributed by atoms with Gasteiger partial charge < -0.3 is 14.8 Å². The molecule has 1 aliphatic heterocycles. The van der Waals surface area contributed by atoms with E-state index in [1.807, 2.05) is 0 Å². The van der Waals surface area contributed by atoms with E-state index < -0.39 is 42.0 Å². The zero-order chi connectivity index (χ0) is 25.1. The number of nitrogens with one attached hydrogen (secondary N) is 1. The third-order valence-corrected chi connectivity index (χ3v) is 6.20. The SMILES string of the molecule is CC1(c2ccc(Cl)c(F)c2)C(=O)Nc2nc(-c3cn4ccnc4c(CCC(F)(F)F)n3)nc(O)c21. The Bertz CT molecular complexity index is 1510. The summed E-state index contributed by atoms with van der Waals surface area (Å²) in [5.41, 5.74) is -0.911. The van der Waals surface area contributed by atoms with E-state index in [0.717, 1.165) is 6.07 Å². The molecule has 0 saturated heterocycles. The van der Waals surface area contributed by atoms with Gasteiger partial charge in [-0.05, 0) is 24.6 Å². The maximum absolute atomic E-state index is 14.1. The minimum absolute atomic E-state index is 0.0222. The van der Waals surface area contributed by atoms with E-state index >= 15 is 0 Å². The summed E-state index contributed by atoms with van der Waals surface area (Å²) in [6, 6.07) is 3.84. The number of imidazole rings is 1. The van der Waals surface area contributed by atoms with Crippen molar-refractivity contribution in [3.8, 4) is 17.4 Å². The van der Waals surface area contributed by atoms with E-state index in [2.05, 4.69) is 25.3 Å². The molecule has 3 aromatic heterocycles. The van der Waals surface area contributed by atoms with Crippen LogP contribution < -0.4 is 5.32 Å². The summed E-state index contributed by atoms with van der Waals surface area (Å²) in [6.07, 6.45) is -1.53. The minimum atomic E-state index is -4.39. The van der Waals surface area contributed by atoms with Crippen LogP contribution in [0.25, 0.3) is 17.2 Å². The number of alkyl halides is 3. The number of aryl methyl sites for hydroxylation is 1. The van der Waals surface area contributed by atoms with Gasteiger partial charge in [-0.3, -0.25) is 4.79 Å². The number of fused-ring (bicyclic) bond motifs is 2. The van der Waals surface area contributed by atoms with Crippen molar-refractivity contribution in [3.63, 3.8) is 0 Å². The fourth-order valence-corrected chi connectivity index (χ4v) is 4.19. The second kappa shape index (κ2) is 7.87. The molecule has 0 spiro atoms. The topological polar surface area (TPSA) is 105 Å². The number of amides is 1. The van der Waals surface area contributed by atoms with Gasteiger partial charge in [0, 0.05) is 31.4 Å². The first-order valence-electron chi connectivity index (χ1n) is 10.3. The van der Waals surface area contributed by atoms with E-state index in [1.54, 1.807) is 0 Å². The monoisotopic (exact) mass is 506 g/mol. The molecule has 1 unspecified atom stereocenters. The number of benzene rings is 1. The molecule has 1 amide bonds. The minimum Gasteiger partial charge on any atom is -0.493 e. The van der Waals surface area contributed by atoms with Crippen molar-refractivity contribution in [1.29, 1.82) is 0 Å². The van der Waals surface area contributed by atoms with Crippen molar-refractivity contribution in [2.45, 2.75) is 31.4 Å². The second-order valence-electron chi connectivity index (χ2n) is 8.15. The molecular weight excluding hydrogens is 492 g/mol. The molecule has 1 atom stereocenters. The van der Waals surface area contributed by atoms with Gasteiger partial charge in [0.15, 0.2) is 11.5 Å². The van der Waals surface area contributed by atoms with Crippen molar-refractivity contribution < 1.29 is 27.5 Å². The molecule has 0 fully saturated rings. The van der Waals surface area contributed by atoms with E-state index in [0.29, 0.717) is 0 Å². The van der Waals surface area contributed by atoms with E-state index in [9.17, 15) is 27.5 Å². The van der Waals surface area contributed by atoms with Crippen LogP contribution in [0.2, 0.25) is 5.02 Å². The van der Waals surface area contributed by atoms with E-state index in [4.69, 9.17) is 11.6 Å². The first-order valence-corrected chi connectivity index (χ1v) is 10.6. The highest BCUT2D eigenvalue weighted by molar-refractivity contribution is 6.30. The normalized spacial score (nSPS) is 17.6. The van der Waals surface area contributed by atoms with Crippen LogP contribution in [0.15, 0.2) is 36.8 Å². The molecule has 0 radical (unpaired) electrons. The largest absolute Gasteiger partial charge is 0.493 e. The van der Waals surface area contributed by atoms with Crippen LogP contribution in [-0.2, 0) is 16.6 Å². The number of anilines is 1.